The predicted octanol–water partition coefficient (Wildman–Crippen LogP) is 7.84. The van der Waals surface area contributed by atoms with Crippen LogP contribution in [0.3, 0.4) is 0 Å². The fourth-order valence-electron chi connectivity index (χ4n) is 5.69. The SMILES string of the molecule is CCc1ccc(-c2c3c4n(c(-c5ccc(C)cc5)cn4c2C(=O)Nc2cccc(C)c2)CCCC3)cc1. The molecule has 5 aromatic rings. The van der Waals surface area contributed by atoms with Crippen LogP contribution in [-0.2, 0) is 19.4 Å². The summed E-state index contributed by atoms with van der Waals surface area (Å²) >= 11 is 0. The monoisotopic (exact) mass is 487 g/mol. The molecule has 186 valence electrons. The number of hydrogen-bond donors (Lipinski definition) is 1. The summed E-state index contributed by atoms with van der Waals surface area (Å²) in [5, 5.41) is 3.20. The maximum Gasteiger partial charge on any atom is 0.273 e. The minimum absolute atomic E-state index is 0.0744. The molecular weight excluding hydrogens is 454 g/mol. The Morgan fingerprint density at radius 1 is 0.892 bits per heavy atom. The summed E-state index contributed by atoms with van der Waals surface area (Å²) in [5.41, 5.74) is 12.1. The van der Waals surface area contributed by atoms with Gasteiger partial charge in [-0.25, -0.2) is 0 Å². The molecule has 0 aliphatic carbocycles. The van der Waals surface area contributed by atoms with Crippen molar-refractivity contribution >= 4 is 17.2 Å². The smallest absolute Gasteiger partial charge is 0.273 e. The molecule has 2 aromatic heterocycles. The zero-order chi connectivity index (χ0) is 25.5. The Hall–Kier alpha value is -4.05. The molecule has 1 aliphatic heterocycles. The molecule has 3 heterocycles. The number of amides is 1. The Balaban J connectivity index is 1.60. The standard InChI is InChI=1S/C33H33N3O/c1-4-24-13-17-26(18-14-24)30-28-10-5-6-19-35-29(25-15-11-22(2)12-16-25)21-36(33(28)35)31(30)32(37)34-27-9-7-8-23(3)20-27/h7-9,11-18,20-21H,4-6,10,19H2,1-3H3,(H,34,37). The first kappa shape index (κ1) is 23.4. The highest BCUT2D eigenvalue weighted by molar-refractivity contribution is 6.10. The average Bonchev–Trinajstić information content (AvgIpc) is 3.32. The van der Waals surface area contributed by atoms with Gasteiger partial charge in [-0.15, -0.1) is 0 Å². The van der Waals surface area contributed by atoms with Crippen LogP contribution in [0.25, 0.3) is 28.0 Å². The van der Waals surface area contributed by atoms with Crippen LogP contribution in [0.2, 0.25) is 0 Å². The summed E-state index contributed by atoms with van der Waals surface area (Å²) in [4.78, 5) is 14.1. The summed E-state index contributed by atoms with van der Waals surface area (Å²) < 4.78 is 4.59. The van der Waals surface area contributed by atoms with E-state index in [1.165, 1.54) is 22.3 Å². The number of benzene rings is 3. The minimum atomic E-state index is -0.0744. The molecule has 6 rings (SSSR count). The lowest BCUT2D eigenvalue weighted by Gasteiger charge is -2.11. The van der Waals surface area contributed by atoms with Gasteiger partial charge in [0.15, 0.2) is 0 Å². The van der Waals surface area contributed by atoms with E-state index in [1.54, 1.807) is 0 Å². The highest BCUT2D eigenvalue weighted by atomic mass is 16.1. The van der Waals surface area contributed by atoms with Crippen LogP contribution in [0.15, 0.2) is 79.0 Å². The Bertz CT molecular complexity index is 1600. The van der Waals surface area contributed by atoms with Crippen molar-refractivity contribution in [2.24, 2.45) is 0 Å². The van der Waals surface area contributed by atoms with Gasteiger partial charge in [0.2, 0.25) is 0 Å². The zero-order valence-electron chi connectivity index (χ0n) is 21.8. The molecule has 4 heteroatoms. The van der Waals surface area contributed by atoms with E-state index in [4.69, 9.17) is 0 Å². The Morgan fingerprint density at radius 2 is 1.65 bits per heavy atom. The van der Waals surface area contributed by atoms with Crippen molar-refractivity contribution in [3.05, 3.63) is 107 Å². The lowest BCUT2D eigenvalue weighted by molar-refractivity contribution is 0.102. The highest BCUT2D eigenvalue weighted by Crippen LogP contribution is 2.40. The van der Waals surface area contributed by atoms with Crippen LogP contribution in [0.4, 0.5) is 5.69 Å². The molecule has 1 N–H and O–H groups in total. The van der Waals surface area contributed by atoms with Gasteiger partial charge in [-0.3, -0.25) is 9.20 Å². The van der Waals surface area contributed by atoms with Crippen LogP contribution in [0, 0.1) is 13.8 Å². The zero-order valence-corrected chi connectivity index (χ0v) is 21.8. The third-order valence-electron chi connectivity index (χ3n) is 7.62. The van der Waals surface area contributed by atoms with E-state index in [9.17, 15) is 4.79 Å². The molecule has 0 atom stereocenters. The van der Waals surface area contributed by atoms with Crippen molar-refractivity contribution in [3.8, 4) is 22.4 Å². The molecule has 0 unspecified atom stereocenters. The van der Waals surface area contributed by atoms with Crippen LogP contribution < -0.4 is 5.32 Å². The number of aryl methyl sites for hydroxylation is 5. The fraction of sp³-hybridized carbons (Fsp3) is 0.242. The lowest BCUT2D eigenvalue weighted by atomic mass is 9.96. The second-order valence-electron chi connectivity index (χ2n) is 10.3. The molecule has 1 aliphatic rings. The van der Waals surface area contributed by atoms with Gasteiger partial charge in [0.05, 0.1) is 5.69 Å². The molecule has 1 amide bonds. The number of hydrogen-bond acceptors (Lipinski definition) is 1. The van der Waals surface area contributed by atoms with Crippen LogP contribution >= 0.6 is 0 Å². The summed E-state index contributed by atoms with van der Waals surface area (Å²) in [6.45, 7) is 7.28. The van der Waals surface area contributed by atoms with E-state index < -0.39 is 0 Å². The normalized spacial score (nSPS) is 13.1. The number of carbonyl (C=O) groups is 1. The number of anilines is 1. The Kier molecular flexibility index (Phi) is 5.96. The van der Waals surface area contributed by atoms with E-state index in [-0.39, 0.29) is 5.91 Å². The van der Waals surface area contributed by atoms with Gasteiger partial charge in [0, 0.05) is 29.6 Å². The maximum atomic E-state index is 14.1. The Labute approximate surface area is 218 Å². The summed E-state index contributed by atoms with van der Waals surface area (Å²) in [7, 11) is 0. The predicted molar refractivity (Wildman–Crippen MR) is 152 cm³/mol. The number of aromatic nitrogens is 2. The summed E-state index contributed by atoms with van der Waals surface area (Å²) in [6, 6.07) is 25.5. The van der Waals surface area contributed by atoms with E-state index in [0.29, 0.717) is 5.69 Å². The van der Waals surface area contributed by atoms with Crippen LogP contribution in [-0.4, -0.2) is 14.9 Å². The first-order valence-electron chi connectivity index (χ1n) is 13.3. The van der Waals surface area contributed by atoms with Gasteiger partial charge in [-0.2, -0.15) is 0 Å². The third-order valence-corrected chi connectivity index (χ3v) is 7.62. The first-order valence-corrected chi connectivity index (χ1v) is 13.3. The maximum absolute atomic E-state index is 14.1. The topological polar surface area (TPSA) is 38.4 Å². The molecule has 0 fully saturated rings. The number of imidazole rings is 1. The van der Waals surface area contributed by atoms with E-state index in [1.807, 2.05) is 31.2 Å². The van der Waals surface area contributed by atoms with Crippen molar-refractivity contribution in [2.75, 3.05) is 5.32 Å². The molecule has 0 saturated carbocycles. The van der Waals surface area contributed by atoms with Gasteiger partial charge >= 0.3 is 0 Å². The van der Waals surface area contributed by atoms with E-state index in [2.05, 4.69) is 82.9 Å². The van der Waals surface area contributed by atoms with Crippen molar-refractivity contribution in [2.45, 2.75) is 53.0 Å². The van der Waals surface area contributed by atoms with E-state index >= 15 is 0 Å². The van der Waals surface area contributed by atoms with Gasteiger partial charge < -0.3 is 9.88 Å². The van der Waals surface area contributed by atoms with Gasteiger partial charge in [0.25, 0.3) is 5.91 Å². The third kappa shape index (κ3) is 4.17. The second-order valence-corrected chi connectivity index (χ2v) is 10.3. The number of nitrogens with one attached hydrogen (secondary N) is 1. The summed E-state index contributed by atoms with van der Waals surface area (Å²) in [6.07, 6.45) is 6.36. The van der Waals surface area contributed by atoms with Crippen LogP contribution in [0.5, 0.6) is 0 Å². The minimum Gasteiger partial charge on any atom is -0.325 e. The van der Waals surface area contributed by atoms with Crippen molar-refractivity contribution in [1.82, 2.24) is 8.97 Å². The number of carbonyl (C=O) groups excluding carboxylic acids is 1. The molecular formula is C33H33N3O. The van der Waals surface area contributed by atoms with Crippen LogP contribution in [0.1, 0.15) is 52.5 Å². The summed E-state index contributed by atoms with van der Waals surface area (Å²) in [5.74, 6) is -0.0744. The fourth-order valence-corrected chi connectivity index (χ4v) is 5.69. The molecule has 4 nitrogen and oxygen atoms in total. The molecule has 0 bridgehead atoms. The van der Waals surface area contributed by atoms with Gasteiger partial charge in [0.1, 0.15) is 11.3 Å². The van der Waals surface area contributed by atoms with E-state index in [0.717, 1.165) is 65.9 Å². The quantitative estimate of drug-likeness (QED) is 0.269. The molecule has 3 aromatic carbocycles. The van der Waals surface area contributed by atoms with Gasteiger partial charge in [-0.05, 0) is 73.9 Å². The molecule has 37 heavy (non-hydrogen) atoms. The highest BCUT2D eigenvalue weighted by Gasteiger charge is 2.29. The van der Waals surface area contributed by atoms with Crippen molar-refractivity contribution in [1.29, 1.82) is 0 Å². The number of rotatable bonds is 5. The van der Waals surface area contributed by atoms with Crippen molar-refractivity contribution < 1.29 is 4.79 Å². The largest absolute Gasteiger partial charge is 0.325 e. The second kappa shape index (κ2) is 9.44. The first-order chi connectivity index (χ1) is 18.0. The average molecular weight is 488 g/mol. The number of nitrogens with zero attached hydrogens (tertiary/aromatic N) is 2. The molecule has 0 spiro atoms. The lowest BCUT2D eigenvalue weighted by Crippen LogP contribution is -2.15. The molecule has 0 saturated heterocycles. The molecule has 0 radical (unpaired) electrons. The van der Waals surface area contributed by atoms with Gasteiger partial charge in [-0.1, -0.05) is 73.2 Å². The Morgan fingerprint density at radius 3 is 2.38 bits per heavy atom. The van der Waals surface area contributed by atoms with Crippen molar-refractivity contribution in [3.63, 3.8) is 0 Å².